The molecule has 5 atom stereocenters. The molecule has 1 saturated heterocycles. The standard InChI is InChI=1S/C23H26O10/c1-4-5-16(28)33-23-20(30)19(29)15(9-24)32-22(23)18-13(26)6-10(2)17-14(27)8-12(7-11(3)25)31-21(17)18/h4-6,8,15,19-20,22-24,26,29-30H,7,9H2,1-3H3/b5-4+/t15-,19-,20+,22+,23-/m1/s1. The number of hydrogen-bond acceptors (Lipinski definition) is 10. The van der Waals surface area contributed by atoms with Gasteiger partial charge in [0.05, 0.1) is 24.0 Å². The molecular formula is C23H26O10. The number of phenolic OH excluding ortho intramolecular Hbond substituents is 1. The maximum absolute atomic E-state index is 12.8. The van der Waals surface area contributed by atoms with Gasteiger partial charge in [0.25, 0.3) is 0 Å². The zero-order valence-electron chi connectivity index (χ0n) is 18.3. The lowest BCUT2D eigenvalue weighted by atomic mass is 9.89. The molecule has 1 aliphatic rings. The summed E-state index contributed by atoms with van der Waals surface area (Å²) >= 11 is 0. The Bertz CT molecular complexity index is 1150. The zero-order chi connectivity index (χ0) is 24.4. The zero-order valence-corrected chi connectivity index (χ0v) is 18.3. The van der Waals surface area contributed by atoms with Crippen LogP contribution < -0.4 is 5.43 Å². The molecule has 0 radical (unpaired) electrons. The van der Waals surface area contributed by atoms with Crippen LogP contribution in [0.1, 0.15) is 36.8 Å². The van der Waals surface area contributed by atoms with E-state index in [1.807, 2.05) is 0 Å². The summed E-state index contributed by atoms with van der Waals surface area (Å²) in [6, 6.07) is 2.47. The number of aliphatic hydroxyl groups is 3. The van der Waals surface area contributed by atoms with Crippen LogP contribution in [0.3, 0.4) is 0 Å². The molecule has 0 aliphatic carbocycles. The van der Waals surface area contributed by atoms with Crippen molar-refractivity contribution in [1.29, 1.82) is 0 Å². The number of hydrogen-bond donors (Lipinski definition) is 4. The number of aryl methyl sites for hydroxylation is 1. The van der Waals surface area contributed by atoms with E-state index in [-0.39, 0.29) is 40.2 Å². The maximum atomic E-state index is 12.8. The summed E-state index contributed by atoms with van der Waals surface area (Å²) < 4.78 is 16.9. The fourth-order valence-electron chi connectivity index (χ4n) is 3.95. The van der Waals surface area contributed by atoms with Crippen molar-refractivity contribution in [3.63, 3.8) is 0 Å². The second-order valence-electron chi connectivity index (χ2n) is 7.95. The number of allylic oxidation sites excluding steroid dienone is 1. The average molecular weight is 462 g/mol. The van der Waals surface area contributed by atoms with Crippen molar-refractivity contribution in [2.75, 3.05) is 6.61 Å². The SMILES string of the molecule is C/C=C/C(=O)O[C@@H]1[C@@H](O)[C@H](O)[C@@H](CO)O[C@H]1c1c(O)cc(C)c2c(=O)cc(CC(C)=O)oc12. The molecule has 10 heteroatoms. The van der Waals surface area contributed by atoms with E-state index in [2.05, 4.69) is 0 Å². The third kappa shape index (κ3) is 4.83. The van der Waals surface area contributed by atoms with E-state index in [0.717, 1.165) is 6.08 Å². The van der Waals surface area contributed by atoms with Gasteiger partial charge in [0, 0.05) is 12.1 Å². The Morgan fingerprint density at radius 3 is 2.52 bits per heavy atom. The molecule has 2 heterocycles. The number of Topliss-reactive ketones (excluding diaryl/α,β-unsaturated/α-hetero) is 1. The van der Waals surface area contributed by atoms with E-state index in [1.165, 1.54) is 25.1 Å². The largest absolute Gasteiger partial charge is 0.507 e. The smallest absolute Gasteiger partial charge is 0.330 e. The van der Waals surface area contributed by atoms with Crippen LogP contribution >= 0.6 is 0 Å². The van der Waals surface area contributed by atoms with E-state index in [4.69, 9.17) is 13.9 Å². The van der Waals surface area contributed by atoms with Gasteiger partial charge < -0.3 is 34.3 Å². The summed E-state index contributed by atoms with van der Waals surface area (Å²) in [5.74, 6) is -1.45. The molecule has 3 rings (SSSR count). The highest BCUT2D eigenvalue weighted by Gasteiger charge is 2.48. The molecule has 33 heavy (non-hydrogen) atoms. The molecule has 1 aliphatic heterocycles. The van der Waals surface area contributed by atoms with Crippen LogP contribution in [-0.2, 0) is 25.5 Å². The molecule has 2 aromatic rings. The van der Waals surface area contributed by atoms with Crippen molar-refractivity contribution in [3.8, 4) is 5.75 Å². The Kier molecular flexibility index (Phi) is 7.33. The predicted octanol–water partition coefficient (Wildman–Crippen LogP) is 0.580. The van der Waals surface area contributed by atoms with Crippen molar-refractivity contribution in [2.45, 2.75) is 57.7 Å². The van der Waals surface area contributed by atoms with Gasteiger partial charge in [0.1, 0.15) is 47.3 Å². The molecule has 4 N–H and O–H groups in total. The number of aromatic hydroxyl groups is 1. The summed E-state index contributed by atoms with van der Waals surface area (Å²) in [5, 5.41) is 41.5. The molecule has 178 valence electrons. The molecule has 0 amide bonds. The van der Waals surface area contributed by atoms with E-state index < -0.39 is 48.5 Å². The quantitative estimate of drug-likeness (QED) is 0.353. The summed E-state index contributed by atoms with van der Waals surface area (Å²) in [7, 11) is 0. The lowest BCUT2D eigenvalue weighted by molar-refractivity contribution is -0.239. The minimum atomic E-state index is -1.70. The highest BCUT2D eigenvalue weighted by molar-refractivity contribution is 5.87. The summed E-state index contributed by atoms with van der Waals surface area (Å²) in [6.07, 6.45) is -5.21. The number of aliphatic hydroxyl groups excluding tert-OH is 3. The Balaban J connectivity index is 2.27. The summed E-state index contributed by atoms with van der Waals surface area (Å²) in [6.45, 7) is 3.79. The van der Waals surface area contributed by atoms with Crippen LogP contribution in [-0.4, -0.2) is 63.2 Å². The summed E-state index contributed by atoms with van der Waals surface area (Å²) in [5.41, 5.74) is -0.329. The molecule has 1 aromatic carbocycles. The number of benzene rings is 1. The molecule has 0 saturated carbocycles. The minimum absolute atomic E-state index is 0.0452. The van der Waals surface area contributed by atoms with Crippen LogP contribution in [0.15, 0.2) is 33.5 Å². The first-order valence-electron chi connectivity index (χ1n) is 10.3. The monoisotopic (exact) mass is 462 g/mol. The lowest BCUT2D eigenvalue weighted by Crippen LogP contribution is -2.56. The number of esters is 1. The third-order valence-electron chi connectivity index (χ3n) is 5.40. The molecule has 1 fully saturated rings. The Morgan fingerprint density at radius 2 is 1.91 bits per heavy atom. The van der Waals surface area contributed by atoms with Crippen molar-refractivity contribution in [2.24, 2.45) is 0 Å². The van der Waals surface area contributed by atoms with Crippen LogP contribution in [0.4, 0.5) is 0 Å². The number of carbonyl (C=O) groups is 2. The topological polar surface area (TPSA) is 164 Å². The van der Waals surface area contributed by atoms with Crippen molar-refractivity contribution in [1.82, 2.24) is 0 Å². The van der Waals surface area contributed by atoms with Gasteiger partial charge in [-0.05, 0) is 32.4 Å². The first kappa shape index (κ1) is 24.6. The number of ether oxygens (including phenoxy) is 2. The van der Waals surface area contributed by atoms with Crippen LogP contribution in [0.25, 0.3) is 11.0 Å². The second-order valence-corrected chi connectivity index (χ2v) is 7.95. The van der Waals surface area contributed by atoms with Crippen LogP contribution in [0.5, 0.6) is 5.75 Å². The van der Waals surface area contributed by atoms with Crippen LogP contribution in [0.2, 0.25) is 0 Å². The van der Waals surface area contributed by atoms with Gasteiger partial charge in [0.2, 0.25) is 0 Å². The van der Waals surface area contributed by atoms with Gasteiger partial charge in [0.15, 0.2) is 11.5 Å². The van der Waals surface area contributed by atoms with E-state index >= 15 is 0 Å². The minimum Gasteiger partial charge on any atom is -0.507 e. The molecule has 0 unspecified atom stereocenters. The second kappa shape index (κ2) is 9.84. The van der Waals surface area contributed by atoms with Gasteiger partial charge >= 0.3 is 5.97 Å². The summed E-state index contributed by atoms with van der Waals surface area (Å²) in [4.78, 5) is 36.5. The van der Waals surface area contributed by atoms with Gasteiger partial charge in [-0.25, -0.2) is 4.79 Å². The lowest BCUT2D eigenvalue weighted by Gasteiger charge is -2.42. The fraction of sp³-hybridized carbons (Fsp3) is 0.435. The van der Waals surface area contributed by atoms with Crippen LogP contribution in [0, 0.1) is 6.92 Å². The number of ketones is 1. The van der Waals surface area contributed by atoms with Crippen molar-refractivity contribution < 1.29 is 43.9 Å². The van der Waals surface area contributed by atoms with E-state index in [1.54, 1.807) is 13.8 Å². The first-order chi connectivity index (χ1) is 15.6. The van der Waals surface area contributed by atoms with Gasteiger partial charge in [-0.1, -0.05) is 6.08 Å². The van der Waals surface area contributed by atoms with Gasteiger partial charge in [-0.3, -0.25) is 9.59 Å². The predicted molar refractivity (Wildman–Crippen MR) is 115 cm³/mol. The number of phenols is 1. The van der Waals surface area contributed by atoms with Crippen molar-refractivity contribution in [3.05, 3.63) is 51.4 Å². The molecular weight excluding hydrogens is 436 g/mol. The third-order valence-corrected chi connectivity index (χ3v) is 5.40. The number of carbonyl (C=O) groups excluding carboxylic acids is 2. The molecule has 0 bridgehead atoms. The Hall–Kier alpha value is -3.05. The fourth-order valence-corrected chi connectivity index (χ4v) is 3.95. The Morgan fingerprint density at radius 1 is 1.21 bits per heavy atom. The molecule has 10 nitrogen and oxygen atoms in total. The van der Waals surface area contributed by atoms with Gasteiger partial charge in [-0.2, -0.15) is 0 Å². The molecule has 0 spiro atoms. The number of rotatable bonds is 6. The number of fused-ring (bicyclic) bond motifs is 1. The highest BCUT2D eigenvalue weighted by atomic mass is 16.6. The molecule has 1 aromatic heterocycles. The Labute approximate surface area is 188 Å². The van der Waals surface area contributed by atoms with E-state index in [0.29, 0.717) is 5.56 Å². The maximum Gasteiger partial charge on any atom is 0.330 e. The highest BCUT2D eigenvalue weighted by Crippen LogP contribution is 2.42. The first-order valence-corrected chi connectivity index (χ1v) is 10.3. The normalized spacial score (nSPS) is 25.5. The van der Waals surface area contributed by atoms with Crippen molar-refractivity contribution >= 4 is 22.7 Å². The van der Waals surface area contributed by atoms with E-state index in [9.17, 15) is 34.8 Å². The van der Waals surface area contributed by atoms with Gasteiger partial charge in [-0.15, -0.1) is 0 Å². The average Bonchev–Trinajstić information content (AvgIpc) is 2.71.